The van der Waals surface area contributed by atoms with Gasteiger partial charge in [0.05, 0.1) is 0 Å². The van der Waals surface area contributed by atoms with Crippen LogP contribution in [0.1, 0.15) is 45.1 Å². The van der Waals surface area contributed by atoms with Crippen LogP contribution in [-0.2, 0) is 0 Å². The monoisotopic (exact) mass is 227 g/mol. The first-order chi connectivity index (χ1) is 7.20. The Morgan fingerprint density at radius 3 is 2.53 bits per heavy atom. The van der Waals surface area contributed by atoms with E-state index in [1.807, 2.05) is 0 Å². The normalized spacial score (nSPS) is 20.3. The minimum absolute atomic E-state index is 0.113. The summed E-state index contributed by atoms with van der Waals surface area (Å²) in [4.78, 5) is 11.5. The molecule has 1 fully saturated rings. The summed E-state index contributed by atoms with van der Waals surface area (Å²) >= 11 is 5.09. The highest BCUT2D eigenvalue weighted by molar-refractivity contribution is 7.71. The zero-order valence-electron chi connectivity index (χ0n) is 8.95. The SMILES string of the molecule is CC(C1CCCCC1)n1c(=O)[nH][nH]c1=S. The second-order valence-corrected chi connectivity index (χ2v) is 4.76. The highest BCUT2D eigenvalue weighted by Crippen LogP contribution is 2.31. The molecule has 2 N–H and O–H groups in total. The van der Waals surface area contributed by atoms with E-state index in [0.29, 0.717) is 10.7 Å². The van der Waals surface area contributed by atoms with Gasteiger partial charge in [0.15, 0.2) is 4.77 Å². The van der Waals surface area contributed by atoms with Crippen molar-refractivity contribution >= 4 is 12.2 Å². The molecule has 1 heterocycles. The van der Waals surface area contributed by atoms with E-state index in [2.05, 4.69) is 17.1 Å². The highest BCUT2D eigenvalue weighted by Gasteiger charge is 2.23. The lowest BCUT2D eigenvalue weighted by molar-refractivity contribution is 0.259. The maximum absolute atomic E-state index is 11.5. The molecule has 0 aliphatic heterocycles. The van der Waals surface area contributed by atoms with E-state index in [-0.39, 0.29) is 11.7 Å². The van der Waals surface area contributed by atoms with Crippen LogP contribution in [-0.4, -0.2) is 14.8 Å². The fourth-order valence-corrected chi connectivity index (χ4v) is 2.82. The van der Waals surface area contributed by atoms with Crippen LogP contribution in [0.15, 0.2) is 4.79 Å². The summed E-state index contributed by atoms with van der Waals surface area (Å²) in [6.07, 6.45) is 6.33. The Kier molecular flexibility index (Phi) is 3.09. The van der Waals surface area contributed by atoms with E-state index in [0.717, 1.165) is 0 Å². The molecule has 84 valence electrons. The summed E-state index contributed by atoms with van der Waals surface area (Å²) in [5, 5.41) is 5.23. The van der Waals surface area contributed by atoms with Crippen molar-refractivity contribution in [2.24, 2.45) is 5.92 Å². The maximum atomic E-state index is 11.5. The molecule has 0 bridgehead atoms. The maximum Gasteiger partial charge on any atom is 0.342 e. The van der Waals surface area contributed by atoms with Gasteiger partial charge in [0.2, 0.25) is 0 Å². The van der Waals surface area contributed by atoms with Crippen LogP contribution in [0.5, 0.6) is 0 Å². The third-order valence-electron chi connectivity index (χ3n) is 3.45. The Hall–Kier alpha value is -0.840. The number of nitrogens with zero attached hydrogens (tertiary/aromatic N) is 1. The molecule has 5 heteroatoms. The zero-order valence-corrected chi connectivity index (χ0v) is 9.77. The molecular weight excluding hydrogens is 210 g/mol. The fourth-order valence-electron chi connectivity index (χ4n) is 2.52. The Morgan fingerprint density at radius 2 is 2.00 bits per heavy atom. The van der Waals surface area contributed by atoms with E-state index in [1.165, 1.54) is 32.1 Å². The molecule has 0 radical (unpaired) electrons. The predicted octanol–water partition coefficient (Wildman–Crippen LogP) is 2.38. The number of aromatic nitrogens is 3. The van der Waals surface area contributed by atoms with Crippen molar-refractivity contribution < 1.29 is 0 Å². The molecule has 0 spiro atoms. The molecule has 15 heavy (non-hydrogen) atoms. The average molecular weight is 227 g/mol. The lowest BCUT2D eigenvalue weighted by Crippen LogP contribution is -2.27. The molecule has 1 saturated carbocycles. The van der Waals surface area contributed by atoms with Crippen molar-refractivity contribution in [1.82, 2.24) is 14.8 Å². The minimum Gasteiger partial charge on any atom is -0.272 e. The van der Waals surface area contributed by atoms with Gasteiger partial charge in [0, 0.05) is 6.04 Å². The average Bonchev–Trinajstić information content (AvgIpc) is 2.59. The number of hydrogen-bond donors (Lipinski definition) is 2. The van der Waals surface area contributed by atoms with Gasteiger partial charge < -0.3 is 0 Å². The van der Waals surface area contributed by atoms with Crippen molar-refractivity contribution in [2.45, 2.75) is 45.1 Å². The molecule has 1 aliphatic rings. The van der Waals surface area contributed by atoms with Crippen LogP contribution >= 0.6 is 12.2 Å². The number of aromatic amines is 2. The topological polar surface area (TPSA) is 53.6 Å². The fraction of sp³-hybridized carbons (Fsp3) is 0.800. The quantitative estimate of drug-likeness (QED) is 0.762. The van der Waals surface area contributed by atoms with Crippen LogP contribution in [0.4, 0.5) is 0 Å². The molecule has 1 aliphatic carbocycles. The third-order valence-corrected chi connectivity index (χ3v) is 3.75. The van der Waals surface area contributed by atoms with E-state index < -0.39 is 0 Å². The molecule has 0 aromatic carbocycles. The first kappa shape index (κ1) is 10.7. The Morgan fingerprint density at radius 1 is 1.33 bits per heavy atom. The summed E-state index contributed by atoms with van der Waals surface area (Å²) < 4.78 is 2.18. The predicted molar refractivity (Wildman–Crippen MR) is 61.5 cm³/mol. The molecule has 0 saturated heterocycles. The van der Waals surface area contributed by atoms with Gasteiger partial charge >= 0.3 is 5.69 Å². The third kappa shape index (κ3) is 2.07. The minimum atomic E-state index is -0.113. The van der Waals surface area contributed by atoms with Crippen LogP contribution < -0.4 is 5.69 Å². The molecule has 1 aromatic rings. The van der Waals surface area contributed by atoms with Crippen molar-refractivity contribution in [3.05, 3.63) is 15.3 Å². The number of H-pyrrole nitrogens is 2. The van der Waals surface area contributed by atoms with Crippen molar-refractivity contribution in [1.29, 1.82) is 0 Å². The lowest BCUT2D eigenvalue weighted by Gasteiger charge is -2.27. The molecule has 1 atom stereocenters. The molecule has 1 unspecified atom stereocenters. The largest absolute Gasteiger partial charge is 0.342 e. The first-order valence-corrected chi connectivity index (χ1v) is 6.00. The number of rotatable bonds is 2. The van der Waals surface area contributed by atoms with Crippen molar-refractivity contribution in [3.63, 3.8) is 0 Å². The van der Waals surface area contributed by atoms with Gasteiger partial charge in [-0.3, -0.25) is 9.67 Å². The summed E-state index contributed by atoms with van der Waals surface area (Å²) in [6.45, 7) is 2.09. The van der Waals surface area contributed by atoms with Crippen LogP contribution in [0.3, 0.4) is 0 Å². The van der Waals surface area contributed by atoms with Crippen LogP contribution in [0.25, 0.3) is 0 Å². The van der Waals surface area contributed by atoms with Gasteiger partial charge in [-0.2, -0.15) is 0 Å². The van der Waals surface area contributed by atoms with Crippen molar-refractivity contribution in [3.8, 4) is 0 Å². The lowest BCUT2D eigenvalue weighted by atomic mass is 9.84. The second kappa shape index (κ2) is 4.35. The van der Waals surface area contributed by atoms with Gasteiger partial charge in [0.25, 0.3) is 0 Å². The van der Waals surface area contributed by atoms with Crippen LogP contribution in [0.2, 0.25) is 0 Å². The summed E-state index contributed by atoms with van der Waals surface area (Å²) in [5.74, 6) is 0.599. The Bertz CT molecular complexity index is 397. The first-order valence-electron chi connectivity index (χ1n) is 5.59. The van der Waals surface area contributed by atoms with Gasteiger partial charge in [-0.05, 0) is 37.9 Å². The number of hydrogen-bond acceptors (Lipinski definition) is 2. The summed E-state index contributed by atoms with van der Waals surface area (Å²) in [6, 6.07) is 0.216. The van der Waals surface area contributed by atoms with Gasteiger partial charge in [0.1, 0.15) is 0 Å². The standard InChI is InChI=1S/C10H17N3OS/c1-7(8-5-3-2-4-6-8)13-9(14)11-12-10(13)15/h7-8H,2-6H2,1H3,(H,11,14)(H,12,15). The molecule has 0 amide bonds. The van der Waals surface area contributed by atoms with E-state index in [4.69, 9.17) is 12.2 Å². The Labute approximate surface area is 93.7 Å². The second-order valence-electron chi connectivity index (χ2n) is 4.37. The van der Waals surface area contributed by atoms with Gasteiger partial charge in [-0.15, -0.1) is 0 Å². The summed E-state index contributed by atoms with van der Waals surface area (Å²) in [5.41, 5.74) is -0.113. The van der Waals surface area contributed by atoms with Gasteiger partial charge in [-0.1, -0.05) is 19.3 Å². The van der Waals surface area contributed by atoms with Crippen molar-refractivity contribution in [2.75, 3.05) is 0 Å². The Balaban J connectivity index is 2.23. The van der Waals surface area contributed by atoms with E-state index >= 15 is 0 Å². The zero-order chi connectivity index (χ0) is 10.8. The number of nitrogens with one attached hydrogen (secondary N) is 2. The summed E-state index contributed by atoms with van der Waals surface area (Å²) in [7, 11) is 0. The molecule has 2 rings (SSSR count). The highest BCUT2D eigenvalue weighted by atomic mass is 32.1. The van der Waals surface area contributed by atoms with Crippen LogP contribution in [0, 0.1) is 10.7 Å². The molecule has 4 nitrogen and oxygen atoms in total. The van der Waals surface area contributed by atoms with E-state index in [1.54, 1.807) is 4.57 Å². The van der Waals surface area contributed by atoms with Gasteiger partial charge in [-0.25, -0.2) is 9.89 Å². The molecule has 1 aromatic heterocycles. The smallest absolute Gasteiger partial charge is 0.272 e. The van der Waals surface area contributed by atoms with E-state index in [9.17, 15) is 4.79 Å². The molecular formula is C10H17N3OS.